The molecule has 33 heavy (non-hydrogen) atoms. The van der Waals surface area contributed by atoms with Crippen LogP contribution in [0.4, 0.5) is 23.1 Å². The maximum Gasteiger partial charge on any atom is 0.255 e. The van der Waals surface area contributed by atoms with Crippen molar-refractivity contribution >= 4 is 39.2 Å². The lowest BCUT2D eigenvalue weighted by Gasteiger charge is -2.27. The number of aromatic nitrogens is 2. The van der Waals surface area contributed by atoms with Gasteiger partial charge in [0.15, 0.2) is 0 Å². The lowest BCUT2D eigenvalue weighted by Crippen LogP contribution is -2.31. The summed E-state index contributed by atoms with van der Waals surface area (Å²) in [5, 5.41) is 4.47. The molecule has 3 aromatic rings. The zero-order valence-electron chi connectivity index (χ0n) is 19.0. The Hall–Kier alpha value is -3.39. The van der Waals surface area contributed by atoms with E-state index in [4.69, 9.17) is 0 Å². The molecule has 8 heteroatoms. The summed E-state index contributed by atoms with van der Waals surface area (Å²) in [6.45, 7) is 5.92. The lowest BCUT2D eigenvalue weighted by atomic mass is 10.1. The summed E-state index contributed by atoms with van der Waals surface area (Å²) in [6.07, 6.45) is 5.16. The van der Waals surface area contributed by atoms with Crippen LogP contribution in [0.3, 0.4) is 0 Å². The Balaban J connectivity index is 1.41. The molecular weight excluding hydrogens is 434 g/mol. The van der Waals surface area contributed by atoms with E-state index >= 15 is 0 Å². The third-order valence-corrected chi connectivity index (χ3v) is 6.43. The van der Waals surface area contributed by atoms with Crippen LogP contribution in [-0.4, -0.2) is 31.5 Å². The Morgan fingerprint density at radius 1 is 0.879 bits per heavy atom. The van der Waals surface area contributed by atoms with Gasteiger partial charge in [-0.3, -0.25) is 4.72 Å². The standard InChI is InChI=1S/C25H29N5O2S/c1-19-6-8-21(9-7-19)14-17-33(31,32)29-23-12-10-22(11-13-23)27-24-18-20(2)26-25(28-24)30-15-4-3-5-16-30/h6-14,17-18,29H,3-5,15-16H2,1-2H3,(H,26,27,28)/b17-14+. The molecule has 172 valence electrons. The van der Waals surface area contributed by atoms with E-state index in [1.54, 1.807) is 18.2 Å². The molecule has 0 saturated carbocycles. The van der Waals surface area contributed by atoms with Crippen molar-refractivity contribution in [1.82, 2.24) is 9.97 Å². The highest BCUT2D eigenvalue weighted by molar-refractivity contribution is 7.95. The number of hydrogen-bond donors (Lipinski definition) is 2. The van der Waals surface area contributed by atoms with Crippen LogP contribution in [-0.2, 0) is 10.0 Å². The molecule has 0 bridgehead atoms. The minimum atomic E-state index is -3.62. The first-order valence-corrected chi connectivity index (χ1v) is 12.7. The molecule has 4 rings (SSSR count). The fraction of sp³-hybridized carbons (Fsp3) is 0.280. The highest BCUT2D eigenvalue weighted by Gasteiger charge is 2.15. The SMILES string of the molecule is Cc1ccc(/C=C/S(=O)(=O)Nc2ccc(Nc3cc(C)nc(N4CCCCC4)n3)cc2)cc1. The van der Waals surface area contributed by atoms with Gasteiger partial charge >= 0.3 is 0 Å². The number of aryl methyl sites for hydroxylation is 2. The molecule has 0 unspecified atom stereocenters. The van der Waals surface area contributed by atoms with Gasteiger partial charge in [-0.15, -0.1) is 0 Å². The maximum atomic E-state index is 12.4. The number of sulfonamides is 1. The van der Waals surface area contributed by atoms with Gasteiger partial charge in [0.2, 0.25) is 5.95 Å². The van der Waals surface area contributed by atoms with E-state index in [2.05, 4.69) is 24.9 Å². The summed E-state index contributed by atoms with van der Waals surface area (Å²) in [5.74, 6) is 1.47. The zero-order valence-corrected chi connectivity index (χ0v) is 19.8. The Morgan fingerprint density at radius 3 is 2.24 bits per heavy atom. The van der Waals surface area contributed by atoms with Gasteiger partial charge in [0.25, 0.3) is 10.0 Å². The topological polar surface area (TPSA) is 87.2 Å². The lowest BCUT2D eigenvalue weighted by molar-refractivity contribution is 0.568. The van der Waals surface area contributed by atoms with Crippen LogP contribution < -0.4 is 14.9 Å². The van der Waals surface area contributed by atoms with Gasteiger partial charge in [-0.2, -0.15) is 4.98 Å². The first-order chi connectivity index (χ1) is 15.9. The molecule has 2 N–H and O–H groups in total. The second-order valence-corrected chi connectivity index (χ2v) is 9.87. The van der Waals surface area contributed by atoms with Gasteiger partial charge < -0.3 is 10.2 Å². The van der Waals surface area contributed by atoms with Crippen LogP contribution in [0.15, 0.2) is 60.0 Å². The summed E-state index contributed by atoms with van der Waals surface area (Å²) in [6, 6.07) is 16.6. The third kappa shape index (κ3) is 6.55. The molecule has 2 heterocycles. The molecule has 1 saturated heterocycles. The van der Waals surface area contributed by atoms with Crippen LogP contribution in [0, 0.1) is 13.8 Å². The molecule has 0 spiro atoms. The van der Waals surface area contributed by atoms with Crippen molar-refractivity contribution in [2.45, 2.75) is 33.1 Å². The summed E-state index contributed by atoms with van der Waals surface area (Å²) >= 11 is 0. The summed E-state index contributed by atoms with van der Waals surface area (Å²) in [5.41, 5.74) is 4.16. The van der Waals surface area contributed by atoms with E-state index in [1.165, 1.54) is 11.8 Å². The number of hydrogen-bond acceptors (Lipinski definition) is 6. The molecule has 1 aromatic heterocycles. The quantitative estimate of drug-likeness (QED) is 0.498. The van der Waals surface area contributed by atoms with Crippen molar-refractivity contribution in [3.63, 3.8) is 0 Å². The number of nitrogens with one attached hydrogen (secondary N) is 2. The number of rotatable bonds is 7. The van der Waals surface area contributed by atoms with Gasteiger partial charge in [-0.1, -0.05) is 29.8 Å². The van der Waals surface area contributed by atoms with Crippen molar-refractivity contribution in [3.05, 3.63) is 76.8 Å². The minimum absolute atomic E-state index is 0.488. The van der Waals surface area contributed by atoms with Crippen molar-refractivity contribution in [2.24, 2.45) is 0 Å². The van der Waals surface area contributed by atoms with Crippen LogP contribution in [0.25, 0.3) is 6.08 Å². The molecule has 1 fully saturated rings. The van der Waals surface area contributed by atoms with Gasteiger partial charge in [-0.05, 0) is 69.0 Å². The van der Waals surface area contributed by atoms with Crippen molar-refractivity contribution in [2.75, 3.05) is 28.0 Å². The normalized spacial score (nSPS) is 14.4. The molecule has 7 nitrogen and oxygen atoms in total. The molecule has 1 aliphatic rings. The van der Waals surface area contributed by atoms with Crippen molar-refractivity contribution in [3.8, 4) is 0 Å². The van der Waals surface area contributed by atoms with E-state index in [1.807, 2.05) is 56.3 Å². The second-order valence-electron chi connectivity index (χ2n) is 8.31. The predicted octanol–water partition coefficient (Wildman–Crippen LogP) is 5.24. The monoisotopic (exact) mass is 463 g/mol. The Bertz CT molecular complexity index is 1220. The second kappa shape index (κ2) is 10.0. The summed E-state index contributed by atoms with van der Waals surface area (Å²) in [4.78, 5) is 11.5. The van der Waals surface area contributed by atoms with E-state index in [9.17, 15) is 8.42 Å². The Kier molecular flexibility index (Phi) is 6.93. The highest BCUT2D eigenvalue weighted by atomic mass is 32.2. The molecule has 0 radical (unpaired) electrons. The fourth-order valence-corrected chi connectivity index (χ4v) is 4.53. The van der Waals surface area contributed by atoms with E-state index < -0.39 is 10.0 Å². The fourth-order valence-electron chi connectivity index (χ4n) is 3.67. The molecular formula is C25H29N5O2S. The first kappa shape index (κ1) is 22.8. The van der Waals surface area contributed by atoms with E-state index in [0.29, 0.717) is 5.69 Å². The molecule has 1 aliphatic heterocycles. The molecule has 0 atom stereocenters. The molecule has 0 amide bonds. The minimum Gasteiger partial charge on any atom is -0.341 e. The number of benzene rings is 2. The smallest absolute Gasteiger partial charge is 0.255 e. The average Bonchev–Trinajstić information content (AvgIpc) is 2.80. The van der Waals surface area contributed by atoms with Crippen molar-refractivity contribution < 1.29 is 8.42 Å². The molecule has 2 aromatic carbocycles. The average molecular weight is 464 g/mol. The van der Waals surface area contributed by atoms with Crippen LogP contribution in [0.5, 0.6) is 0 Å². The van der Waals surface area contributed by atoms with Crippen LogP contribution >= 0.6 is 0 Å². The van der Waals surface area contributed by atoms with Gasteiger partial charge in [0.05, 0.1) is 5.41 Å². The predicted molar refractivity (Wildman–Crippen MR) is 135 cm³/mol. The number of nitrogens with zero attached hydrogens (tertiary/aromatic N) is 3. The summed E-state index contributed by atoms with van der Waals surface area (Å²) < 4.78 is 27.4. The van der Waals surface area contributed by atoms with Crippen molar-refractivity contribution in [1.29, 1.82) is 0 Å². The molecule has 0 aliphatic carbocycles. The van der Waals surface area contributed by atoms with E-state index in [0.717, 1.165) is 60.2 Å². The van der Waals surface area contributed by atoms with Crippen LogP contribution in [0.2, 0.25) is 0 Å². The Morgan fingerprint density at radius 2 is 1.55 bits per heavy atom. The first-order valence-electron chi connectivity index (χ1n) is 11.1. The zero-order chi connectivity index (χ0) is 23.3. The van der Waals surface area contributed by atoms with E-state index in [-0.39, 0.29) is 0 Å². The Labute approximate surface area is 195 Å². The van der Waals surface area contributed by atoms with Gasteiger partial charge in [0.1, 0.15) is 5.82 Å². The summed E-state index contributed by atoms with van der Waals surface area (Å²) in [7, 11) is -3.62. The largest absolute Gasteiger partial charge is 0.341 e. The maximum absolute atomic E-state index is 12.4. The van der Waals surface area contributed by atoms with Gasteiger partial charge in [-0.25, -0.2) is 13.4 Å². The number of anilines is 4. The van der Waals surface area contributed by atoms with Crippen LogP contribution in [0.1, 0.15) is 36.1 Å². The highest BCUT2D eigenvalue weighted by Crippen LogP contribution is 2.22. The van der Waals surface area contributed by atoms with Gasteiger partial charge in [0, 0.05) is 36.2 Å². The number of piperidine rings is 1. The third-order valence-electron chi connectivity index (χ3n) is 5.42.